The van der Waals surface area contributed by atoms with Crippen molar-refractivity contribution in [2.45, 2.75) is 12.5 Å². The Bertz CT molecular complexity index is 283. The molecule has 6 heteroatoms. The maximum absolute atomic E-state index is 11.7. The molecule has 16 heavy (non-hydrogen) atoms. The maximum Gasteiger partial charge on any atom is 0.310 e. The highest BCUT2D eigenvalue weighted by Crippen LogP contribution is 2.17. The first-order chi connectivity index (χ1) is 7.66. The molecule has 2 aliphatic rings. The van der Waals surface area contributed by atoms with Gasteiger partial charge in [-0.25, -0.2) is 0 Å². The highest BCUT2D eigenvalue weighted by Gasteiger charge is 2.36. The second-order valence-electron chi connectivity index (χ2n) is 4.26. The number of likely N-dealkylation sites (tertiary alicyclic amines) is 1. The first-order valence-electron chi connectivity index (χ1n) is 5.48. The summed E-state index contributed by atoms with van der Waals surface area (Å²) in [5.74, 6) is -1.18. The Morgan fingerprint density at radius 3 is 2.75 bits per heavy atom. The molecule has 1 unspecified atom stereocenters. The predicted octanol–water partition coefficient (Wildman–Crippen LogP) is -1.09. The van der Waals surface area contributed by atoms with Crippen LogP contribution < -0.4 is 5.32 Å². The molecule has 2 saturated heterocycles. The molecule has 2 heterocycles. The predicted molar refractivity (Wildman–Crippen MR) is 54.9 cm³/mol. The Balaban J connectivity index is 1.71. The number of carbonyl (C=O) groups is 2. The summed E-state index contributed by atoms with van der Waals surface area (Å²) in [6.45, 7) is 2.72. The minimum absolute atomic E-state index is 0.0144. The summed E-state index contributed by atoms with van der Waals surface area (Å²) in [5.41, 5.74) is 0. The van der Waals surface area contributed by atoms with Gasteiger partial charge in [0.25, 0.3) is 0 Å². The molecule has 6 nitrogen and oxygen atoms in total. The number of rotatable bonds is 3. The van der Waals surface area contributed by atoms with E-state index in [1.54, 1.807) is 4.90 Å². The van der Waals surface area contributed by atoms with E-state index in [-0.39, 0.29) is 17.9 Å². The van der Waals surface area contributed by atoms with Crippen LogP contribution in [0.2, 0.25) is 0 Å². The van der Waals surface area contributed by atoms with Gasteiger partial charge in [-0.3, -0.25) is 9.59 Å². The van der Waals surface area contributed by atoms with Crippen molar-refractivity contribution in [3.8, 4) is 0 Å². The number of amides is 1. The number of hydrogen-bond donors (Lipinski definition) is 2. The van der Waals surface area contributed by atoms with E-state index >= 15 is 0 Å². The van der Waals surface area contributed by atoms with Crippen LogP contribution in [0.25, 0.3) is 0 Å². The summed E-state index contributed by atoms with van der Waals surface area (Å²) in [6.07, 6.45) is 0.395. The third-order valence-corrected chi connectivity index (χ3v) is 3.00. The van der Waals surface area contributed by atoms with E-state index in [0.717, 1.165) is 6.54 Å². The van der Waals surface area contributed by atoms with Gasteiger partial charge in [0.1, 0.15) is 0 Å². The van der Waals surface area contributed by atoms with E-state index in [9.17, 15) is 9.59 Å². The van der Waals surface area contributed by atoms with Crippen LogP contribution in [0.5, 0.6) is 0 Å². The molecule has 1 amide bonds. The number of carbonyl (C=O) groups excluding carboxylic acids is 1. The fourth-order valence-corrected chi connectivity index (χ4v) is 1.93. The Kier molecular flexibility index (Phi) is 3.40. The standard InChI is InChI=1S/C10H16N2O4/c13-9(3-8-6-16-2-1-11-8)12-4-7(5-12)10(14)15/h7-8,11H,1-6H2,(H,14,15). The number of hydrogen-bond acceptors (Lipinski definition) is 4. The second kappa shape index (κ2) is 4.80. The van der Waals surface area contributed by atoms with Crippen molar-refractivity contribution in [2.75, 3.05) is 32.8 Å². The third-order valence-electron chi connectivity index (χ3n) is 3.00. The smallest absolute Gasteiger partial charge is 0.310 e. The Morgan fingerprint density at radius 1 is 1.44 bits per heavy atom. The highest BCUT2D eigenvalue weighted by molar-refractivity contribution is 5.81. The number of ether oxygens (including phenoxy) is 1. The molecule has 2 aliphatic heterocycles. The van der Waals surface area contributed by atoms with E-state index in [0.29, 0.717) is 32.7 Å². The topological polar surface area (TPSA) is 78.9 Å². The lowest BCUT2D eigenvalue weighted by Crippen LogP contribution is -2.55. The van der Waals surface area contributed by atoms with Gasteiger partial charge in [-0.2, -0.15) is 0 Å². The van der Waals surface area contributed by atoms with Gasteiger partial charge < -0.3 is 20.1 Å². The van der Waals surface area contributed by atoms with E-state index < -0.39 is 5.97 Å². The molecule has 2 fully saturated rings. The lowest BCUT2D eigenvalue weighted by atomic mass is 9.99. The number of morpholine rings is 1. The van der Waals surface area contributed by atoms with Crippen LogP contribution in [0.4, 0.5) is 0 Å². The number of nitrogens with one attached hydrogen (secondary N) is 1. The Morgan fingerprint density at radius 2 is 2.19 bits per heavy atom. The highest BCUT2D eigenvalue weighted by atomic mass is 16.5. The van der Waals surface area contributed by atoms with Gasteiger partial charge in [-0.15, -0.1) is 0 Å². The minimum Gasteiger partial charge on any atom is -0.481 e. The molecule has 0 spiro atoms. The zero-order valence-corrected chi connectivity index (χ0v) is 9.02. The van der Waals surface area contributed by atoms with Crippen molar-refractivity contribution >= 4 is 11.9 Å². The molecular weight excluding hydrogens is 212 g/mol. The Labute approximate surface area is 93.6 Å². The van der Waals surface area contributed by atoms with E-state index in [1.807, 2.05) is 0 Å². The fraction of sp³-hybridized carbons (Fsp3) is 0.800. The van der Waals surface area contributed by atoms with Crippen molar-refractivity contribution < 1.29 is 19.4 Å². The van der Waals surface area contributed by atoms with E-state index in [4.69, 9.17) is 9.84 Å². The third kappa shape index (κ3) is 2.51. The van der Waals surface area contributed by atoms with Crippen LogP contribution in [0, 0.1) is 5.92 Å². The lowest BCUT2D eigenvalue weighted by Gasteiger charge is -2.37. The van der Waals surface area contributed by atoms with Crippen molar-refractivity contribution in [3.63, 3.8) is 0 Å². The zero-order valence-electron chi connectivity index (χ0n) is 9.02. The first kappa shape index (κ1) is 11.3. The number of carboxylic acid groups (broad SMARTS) is 1. The van der Waals surface area contributed by atoms with Crippen LogP contribution in [0.3, 0.4) is 0 Å². The van der Waals surface area contributed by atoms with Gasteiger partial charge in [0.2, 0.25) is 5.91 Å². The maximum atomic E-state index is 11.7. The average molecular weight is 228 g/mol. The molecule has 0 aliphatic carbocycles. The SMILES string of the molecule is O=C(O)C1CN(C(=O)CC2COCCN2)C1. The normalized spacial score (nSPS) is 26.2. The molecule has 90 valence electrons. The molecule has 2 rings (SSSR count). The number of aliphatic carboxylic acids is 1. The molecule has 0 saturated carbocycles. The van der Waals surface area contributed by atoms with Crippen LogP contribution in [-0.4, -0.2) is 60.8 Å². The molecule has 0 bridgehead atoms. The summed E-state index contributed by atoms with van der Waals surface area (Å²) in [7, 11) is 0. The molecule has 0 aromatic heterocycles. The number of nitrogens with zero attached hydrogens (tertiary/aromatic N) is 1. The summed E-state index contributed by atoms with van der Waals surface area (Å²) in [5, 5.41) is 11.9. The van der Waals surface area contributed by atoms with Crippen LogP contribution in [0.1, 0.15) is 6.42 Å². The monoisotopic (exact) mass is 228 g/mol. The summed E-state index contributed by atoms with van der Waals surface area (Å²) in [4.78, 5) is 23.9. The van der Waals surface area contributed by atoms with Gasteiger partial charge in [-0.1, -0.05) is 0 Å². The van der Waals surface area contributed by atoms with Crippen molar-refractivity contribution in [3.05, 3.63) is 0 Å². The van der Waals surface area contributed by atoms with Gasteiger partial charge in [0, 0.05) is 32.1 Å². The number of carboxylic acids is 1. The second-order valence-corrected chi connectivity index (χ2v) is 4.26. The van der Waals surface area contributed by atoms with Crippen molar-refractivity contribution in [1.82, 2.24) is 10.2 Å². The molecule has 2 N–H and O–H groups in total. The fourth-order valence-electron chi connectivity index (χ4n) is 1.93. The largest absolute Gasteiger partial charge is 0.481 e. The zero-order chi connectivity index (χ0) is 11.5. The Hall–Kier alpha value is -1.14. The van der Waals surface area contributed by atoms with Crippen LogP contribution >= 0.6 is 0 Å². The minimum atomic E-state index is -0.817. The quantitative estimate of drug-likeness (QED) is 0.641. The average Bonchev–Trinajstić information content (AvgIpc) is 2.15. The van der Waals surface area contributed by atoms with E-state index in [1.165, 1.54) is 0 Å². The molecular formula is C10H16N2O4. The summed E-state index contributed by atoms with van der Waals surface area (Å²) >= 11 is 0. The molecule has 0 aromatic rings. The lowest BCUT2D eigenvalue weighted by molar-refractivity contribution is -0.153. The first-order valence-corrected chi connectivity index (χ1v) is 5.48. The molecule has 1 atom stereocenters. The van der Waals surface area contributed by atoms with E-state index in [2.05, 4.69) is 5.32 Å². The summed E-state index contributed by atoms with van der Waals surface area (Å²) < 4.78 is 5.25. The summed E-state index contributed by atoms with van der Waals surface area (Å²) in [6, 6.07) is 0.0742. The van der Waals surface area contributed by atoms with Gasteiger partial charge in [-0.05, 0) is 0 Å². The van der Waals surface area contributed by atoms with Gasteiger partial charge >= 0.3 is 5.97 Å². The molecule has 0 radical (unpaired) electrons. The van der Waals surface area contributed by atoms with Gasteiger partial charge in [0.15, 0.2) is 0 Å². The van der Waals surface area contributed by atoms with Crippen LogP contribution in [-0.2, 0) is 14.3 Å². The molecule has 0 aromatic carbocycles. The van der Waals surface area contributed by atoms with Crippen LogP contribution in [0.15, 0.2) is 0 Å². The van der Waals surface area contributed by atoms with Crippen molar-refractivity contribution in [2.24, 2.45) is 5.92 Å². The van der Waals surface area contributed by atoms with Crippen molar-refractivity contribution in [1.29, 1.82) is 0 Å². The van der Waals surface area contributed by atoms with Gasteiger partial charge in [0.05, 0.1) is 19.1 Å².